The molecule has 3 amide bonds. The lowest BCUT2D eigenvalue weighted by atomic mass is 10.0. The molecule has 33 heavy (non-hydrogen) atoms. The predicted molar refractivity (Wildman–Crippen MR) is 114 cm³/mol. The first-order valence-corrected chi connectivity index (χ1v) is 10.3. The Kier molecular flexibility index (Phi) is 13.3. The van der Waals surface area contributed by atoms with Crippen LogP contribution in [0.5, 0.6) is 0 Å². The SMILES string of the molecule is CC(C)C(NC(=O)C(CC(=O)O)NC(=O)C(N)CCCCN)C(=O)NC(CC(=O)O)C(=O)O. The maximum atomic E-state index is 12.7. The number of hydrogen-bond donors (Lipinski definition) is 8. The number of nitrogens with one attached hydrogen (secondary N) is 3. The van der Waals surface area contributed by atoms with Gasteiger partial charge in [-0.25, -0.2) is 4.79 Å². The van der Waals surface area contributed by atoms with Crippen molar-refractivity contribution in [2.75, 3.05) is 6.54 Å². The number of unbranched alkanes of at least 4 members (excludes halogenated alkanes) is 1. The van der Waals surface area contributed by atoms with Gasteiger partial charge in [0.25, 0.3) is 0 Å². The second-order valence-electron chi connectivity index (χ2n) is 7.78. The van der Waals surface area contributed by atoms with Crippen molar-refractivity contribution < 1.29 is 44.1 Å². The smallest absolute Gasteiger partial charge is 0.326 e. The molecule has 10 N–H and O–H groups in total. The van der Waals surface area contributed by atoms with Gasteiger partial charge in [-0.2, -0.15) is 0 Å². The molecule has 188 valence electrons. The van der Waals surface area contributed by atoms with Crippen LogP contribution < -0.4 is 27.4 Å². The molecule has 0 saturated carbocycles. The number of carbonyl (C=O) groups excluding carboxylic acids is 3. The van der Waals surface area contributed by atoms with Crippen molar-refractivity contribution in [1.29, 1.82) is 0 Å². The molecule has 0 spiro atoms. The highest BCUT2D eigenvalue weighted by Gasteiger charge is 2.33. The number of aliphatic carboxylic acids is 3. The highest BCUT2D eigenvalue weighted by Crippen LogP contribution is 2.06. The molecule has 0 bridgehead atoms. The Morgan fingerprint density at radius 2 is 1.27 bits per heavy atom. The van der Waals surface area contributed by atoms with E-state index in [1.165, 1.54) is 13.8 Å². The summed E-state index contributed by atoms with van der Waals surface area (Å²) in [5, 5.41) is 33.6. The maximum absolute atomic E-state index is 12.7. The normalized spacial score (nSPS) is 14.5. The van der Waals surface area contributed by atoms with Gasteiger partial charge in [0.1, 0.15) is 18.1 Å². The summed E-state index contributed by atoms with van der Waals surface area (Å²) >= 11 is 0. The molecule has 0 aromatic carbocycles. The van der Waals surface area contributed by atoms with Gasteiger partial charge in [-0.3, -0.25) is 24.0 Å². The van der Waals surface area contributed by atoms with Crippen LogP contribution >= 0.6 is 0 Å². The topological polar surface area (TPSA) is 251 Å². The van der Waals surface area contributed by atoms with Gasteiger partial charge in [0.15, 0.2) is 0 Å². The third-order valence-corrected chi connectivity index (χ3v) is 4.56. The fourth-order valence-corrected chi connectivity index (χ4v) is 2.73. The van der Waals surface area contributed by atoms with Crippen molar-refractivity contribution in [1.82, 2.24) is 16.0 Å². The van der Waals surface area contributed by atoms with Gasteiger partial charge in [-0.05, 0) is 25.3 Å². The lowest BCUT2D eigenvalue weighted by Crippen LogP contribution is -2.58. The van der Waals surface area contributed by atoms with Gasteiger partial charge in [0.2, 0.25) is 17.7 Å². The summed E-state index contributed by atoms with van der Waals surface area (Å²) < 4.78 is 0. The summed E-state index contributed by atoms with van der Waals surface area (Å²) in [4.78, 5) is 70.7. The third kappa shape index (κ3) is 11.8. The average molecular weight is 475 g/mol. The van der Waals surface area contributed by atoms with Crippen molar-refractivity contribution in [2.24, 2.45) is 17.4 Å². The number of amides is 3. The van der Waals surface area contributed by atoms with E-state index in [4.69, 9.17) is 26.8 Å². The zero-order valence-corrected chi connectivity index (χ0v) is 18.6. The second kappa shape index (κ2) is 14.7. The molecule has 4 atom stereocenters. The molecule has 0 saturated heterocycles. The Balaban J connectivity index is 5.38. The molecule has 0 aliphatic carbocycles. The van der Waals surface area contributed by atoms with Crippen LogP contribution in [0.4, 0.5) is 0 Å². The van der Waals surface area contributed by atoms with E-state index in [9.17, 15) is 28.8 Å². The Hall–Kier alpha value is -3.26. The van der Waals surface area contributed by atoms with Gasteiger partial charge in [0, 0.05) is 0 Å². The van der Waals surface area contributed by atoms with Crippen LogP contribution in [0.1, 0.15) is 46.0 Å². The fraction of sp³-hybridized carbons (Fsp3) is 0.684. The molecule has 0 aliphatic heterocycles. The zero-order chi connectivity index (χ0) is 25.7. The Labute approximate surface area is 190 Å². The largest absolute Gasteiger partial charge is 0.481 e. The lowest BCUT2D eigenvalue weighted by molar-refractivity contribution is -0.147. The van der Waals surface area contributed by atoms with E-state index in [1.807, 2.05) is 5.32 Å². The monoisotopic (exact) mass is 475 g/mol. The van der Waals surface area contributed by atoms with E-state index >= 15 is 0 Å². The molecule has 0 fully saturated rings. The van der Waals surface area contributed by atoms with Crippen molar-refractivity contribution in [2.45, 2.75) is 70.1 Å². The standard InChI is InChI=1S/C19H33N5O9/c1-9(2)15(18(31)23-12(19(32)33)8-14(27)28)24-17(30)11(7-13(25)26)22-16(29)10(21)5-3-4-6-20/h9-12,15H,3-8,20-21H2,1-2H3,(H,22,29)(H,23,31)(H,24,30)(H,25,26)(H,27,28)(H,32,33). The molecule has 0 aromatic rings. The molecular formula is C19H33N5O9. The van der Waals surface area contributed by atoms with E-state index in [1.54, 1.807) is 0 Å². The Morgan fingerprint density at radius 1 is 0.758 bits per heavy atom. The summed E-state index contributed by atoms with van der Waals surface area (Å²) in [7, 11) is 0. The molecule has 0 radical (unpaired) electrons. The van der Waals surface area contributed by atoms with E-state index in [2.05, 4.69) is 10.6 Å². The Bertz CT molecular complexity index is 728. The molecular weight excluding hydrogens is 442 g/mol. The molecule has 4 unspecified atom stereocenters. The first kappa shape index (κ1) is 29.7. The summed E-state index contributed by atoms with van der Waals surface area (Å²) in [5.41, 5.74) is 11.1. The highest BCUT2D eigenvalue weighted by molar-refractivity contribution is 5.96. The quantitative estimate of drug-likeness (QED) is 0.109. The number of nitrogens with two attached hydrogens (primary N) is 2. The summed E-state index contributed by atoms with van der Waals surface area (Å²) in [6.45, 7) is 3.46. The van der Waals surface area contributed by atoms with E-state index in [0.29, 0.717) is 19.4 Å². The first-order valence-electron chi connectivity index (χ1n) is 10.3. The van der Waals surface area contributed by atoms with E-state index in [-0.39, 0.29) is 6.42 Å². The number of hydrogen-bond acceptors (Lipinski definition) is 8. The molecule has 0 heterocycles. The minimum absolute atomic E-state index is 0.265. The molecule has 0 aromatic heterocycles. The van der Waals surface area contributed by atoms with Crippen molar-refractivity contribution >= 4 is 35.6 Å². The van der Waals surface area contributed by atoms with Crippen LogP contribution in [0.15, 0.2) is 0 Å². The summed E-state index contributed by atoms with van der Waals surface area (Å²) in [5.74, 6) is -7.77. The van der Waals surface area contributed by atoms with E-state index < -0.39 is 78.6 Å². The minimum Gasteiger partial charge on any atom is -0.481 e. The van der Waals surface area contributed by atoms with Crippen molar-refractivity contribution in [3.05, 3.63) is 0 Å². The van der Waals surface area contributed by atoms with Gasteiger partial charge in [-0.15, -0.1) is 0 Å². The second-order valence-corrected chi connectivity index (χ2v) is 7.78. The predicted octanol–water partition coefficient (Wildman–Crippen LogP) is -2.41. The Morgan fingerprint density at radius 3 is 1.73 bits per heavy atom. The molecule has 14 nitrogen and oxygen atoms in total. The first-order chi connectivity index (χ1) is 15.3. The van der Waals surface area contributed by atoms with Gasteiger partial charge < -0.3 is 42.7 Å². The maximum Gasteiger partial charge on any atom is 0.326 e. The van der Waals surface area contributed by atoms with Crippen molar-refractivity contribution in [3.63, 3.8) is 0 Å². The number of carbonyl (C=O) groups is 6. The average Bonchev–Trinajstić information content (AvgIpc) is 2.69. The third-order valence-electron chi connectivity index (χ3n) is 4.56. The van der Waals surface area contributed by atoms with Gasteiger partial charge >= 0.3 is 17.9 Å². The molecule has 0 aliphatic rings. The van der Waals surface area contributed by atoms with Crippen LogP contribution in [-0.4, -0.2) is 81.7 Å². The highest BCUT2D eigenvalue weighted by atomic mass is 16.4. The van der Waals surface area contributed by atoms with Crippen LogP contribution in [0, 0.1) is 5.92 Å². The number of carboxylic acids is 3. The zero-order valence-electron chi connectivity index (χ0n) is 18.6. The summed E-state index contributed by atoms with van der Waals surface area (Å²) in [6, 6.07) is -5.63. The minimum atomic E-state index is -1.74. The van der Waals surface area contributed by atoms with E-state index in [0.717, 1.165) is 0 Å². The van der Waals surface area contributed by atoms with Crippen molar-refractivity contribution in [3.8, 4) is 0 Å². The number of carboxylic acid groups (broad SMARTS) is 3. The van der Waals surface area contributed by atoms with Crippen LogP contribution in [0.3, 0.4) is 0 Å². The summed E-state index contributed by atoms with van der Waals surface area (Å²) in [6.07, 6.45) is -0.237. The lowest BCUT2D eigenvalue weighted by Gasteiger charge is -2.26. The number of rotatable bonds is 16. The van der Waals surface area contributed by atoms with Crippen LogP contribution in [0.25, 0.3) is 0 Å². The van der Waals surface area contributed by atoms with Crippen LogP contribution in [0.2, 0.25) is 0 Å². The van der Waals surface area contributed by atoms with Gasteiger partial charge in [0.05, 0.1) is 18.9 Å². The van der Waals surface area contributed by atoms with Crippen LogP contribution in [-0.2, 0) is 28.8 Å². The molecule has 14 heteroatoms. The van der Waals surface area contributed by atoms with Gasteiger partial charge in [-0.1, -0.05) is 20.3 Å². The fourth-order valence-electron chi connectivity index (χ4n) is 2.73. The molecule has 0 rings (SSSR count).